The van der Waals surface area contributed by atoms with Crippen molar-refractivity contribution in [1.82, 2.24) is 0 Å². The Bertz CT molecular complexity index is 400. The van der Waals surface area contributed by atoms with Crippen LogP contribution in [0.5, 0.6) is 0 Å². The average molecular weight is 266 g/mol. The number of carbonyl (C=O) groups is 1. The number of Topliss-reactive ketones (excluding diaryl/α,β-unsaturated/α-hetero) is 1. The number of carbonyl (C=O) groups excluding carboxylic acids is 1. The molecule has 1 fully saturated rings. The van der Waals surface area contributed by atoms with Crippen molar-refractivity contribution in [3.05, 3.63) is 21.9 Å². The molecule has 100 valence electrons. The molecule has 0 saturated heterocycles. The Morgan fingerprint density at radius 3 is 2.50 bits per heavy atom. The number of ketones is 1. The van der Waals surface area contributed by atoms with Crippen molar-refractivity contribution in [3.8, 4) is 0 Å². The highest BCUT2D eigenvalue weighted by Gasteiger charge is 2.25. The molecule has 1 aliphatic carbocycles. The minimum atomic E-state index is 0.124. The molecule has 0 spiro atoms. The lowest BCUT2D eigenvalue weighted by atomic mass is 9.82. The molecule has 2 nitrogen and oxygen atoms in total. The predicted molar refractivity (Wildman–Crippen MR) is 75.3 cm³/mol. The van der Waals surface area contributed by atoms with Gasteiger partial charge in [0.2, 0.25) is 0 Å². The van der Waals surface area contributed by atoms with E-state index < -0.39 is 0 Å². The number of hydrogen-bond acceptors (Lipinski definition) is 3. The molecule has 1 aliphatic rings. The van der Waals surface area contributed by atoms with Gasteiger partial charge in [-0.25, -0.2) is 0 Å². The Morgan fingerprint density at radius 1 is 1.28 bits per heavy atom. The van der Waals surface area contributed by atoms with E-state index in [4.69, 9.17) is 4.74 Å². The van der Waals surface area contributed by atoms with Crippen molar-refractivity contribution in [2.24, 2.45) is 11.8 Å². The summed E-state index contributed by atoms with van der Waals surface area (Å²) < 4.78 is 5.81. The lowest BCUT2D eigenvalue weighted by Crippen LogP contribution is -2.28. The lowest BCUT2D eigenvalue weighted by Gasteiger charge is -2.31. The number of rotatable bonds is 4. The number of aryl methyl sites for hydroxylation is 1. The lowest BCUT2D eigenvalue weighted by molar-refractivity contribution is 0.00577. The van der Waals surface area contributed by atoms with Crippen molar-refractivity contribution < 1.29 is 9.53 Å². The number of hydrogen-bond donors (Lipinski definition) is 0. The molecule has 0 radical (unpaired) electrons. The quantitative estimate of drug-likeness (QED) is 0.768. The van der Waals surface area contributed by atoms with Crippen LogP contribution in [0.4, 0.5) is 0 Å². The van der Waals surface area contributed by atoms with Crippen molar-refractivity contribution >= 4 is 17.1 Å². The van der Waals surface area contributed by atoms with Crippen LogP contribution in [-0.2, 0) is 4.74 Å². The summed E-state index contributed by atoms with van der Waals surface area (Å²) in [7, 11) is 0. The maximum absolute atomic E-state index is 11.9. The van der Waals surface area contributed by atoms with E-state index in [1.54, 1.807) is 11.3 Å². The molecule has 18 heavy (non-hydrogen) atoms. The third kappa shape index (κ3) is 3.66. The predicted octanol–water partition coefficient (Wildman–Crippen LogP) is 4.08. The summed E-state index contributed by atoms with van der Waals surface area (Å²) in [6.45, 7) is 6.81. The normalized spacial score (nSPS) is 28.3. The van der Waals surface area contributed by atoms with Crippen molar-refractivity contribution in [2.45, 2.75) is 46.1 Å². The van der Waals surface area contributed by atoms with E-state index in [-0.39, 0.29) is 18.5 Å². The fourth-order valence-corrected chi connectivity index (χ4v) is 3.65. The van der Waals surface area contributed by atoms with Crippen LogP contribution in [0.25, 0.3) is 0 Å². The zero-order chi connectivity index (χ0) is 13.1. The van der Waals surface area contributed by atoms with Crippen LogP contribution >= 0.6 is 11.3 Å². The molecule has 1 aromatic heterocycles. The molecule has 0 aromatic carbocycles. The van der Waals surface area contributed by atoms with Crippen LogP contribution in [0.1, 0.15) is 47.7 Å². The van der Waals surface area contributed by atoms with Crippen LogP contribution in [0.2, 0.25) is 0 Å². The van der Waals surface area contributed by atoms with Crippen molar-refractivity contribution in [2.75, 3.05) is 6.61 Å². The van der Waals surface area contributed by atoms with E-state index in [2.05, 4.69) is 13.8 Å². The Labute approximate surface area is 113 Å². The van der Waals surface area contributed by atoms with Crippen LogP contribution in [0.15, 0.2) is 12.1 Å². The first kappa shape index (κ1) is 13.8. The van der Waals surface area contributed by atoms with E-state index in [9.17, 15) is 4.79 Å². The fraction of sp³-hybridized carbons (Fsp3) is 0.667. The Kier molecular flexibility index (Phi) is 4.57. The van der Waals surface area contributed by atoms with Crippen LogP contribution in [0, 0.1) is 18.8 Å². The second-order valence-corrected chi connectivity index (χ2v) is 6.97. The van der Waals surface area contributed by atoms with Crippen LogP contribution in [0.3, 0.4) is 0 Å². The highest BCUT2D eigenvalue weighted by atomic mass is 32.1. The highest BCUT2D eigenvalue weighted by Crippen LogP contribution is 2.30. The molecule has 0 aliphatic heterocycles. The summed E-state index contributed by atoms with van der Waals surface area (Å²) in [4.78, 5) is 14.0. The first-order valence-electron chi connectivity index (χ1n) is 6.76. The molecule has 1 saturated carbocycles. The minimum absolute atomic E-state index is 0.124. The monoisotopic (exact) mass is 266 g/mol. The van der Waals surface area contributed by atoms with Gasteiger partial charge in [0, 0.05) is 4.88 Å². The third-order valence-electron chi connectivity index (χ3n) is 3.60. The smallest absolute Gasteiger partial charge is 0.198 e. The molecule has 2 unspecified atom stereocenters. The van der Waals surface area contributed by atoms with Crippen molar-refractivity contribution in [3.63, 3.8) is 0 Å². The van der Waals surface area contributed by atoms with Gasteiger partial charge in [-0.3, -0.25) is 4.79 Å². The Morgan fingerprint density at radius 2 is 1.94 bits per heavy atom. The largest absolute Gasteiger partial charge is 0.370 e. The summed E-state index contributed by atoms with van der Waals surface area (Å²) in [5, 5.41) is 0. The maximum atomic E-state index is 11.9. The highest BCUT2D eigenvalue weighted by molar-refractivity contribution is 7.14. The van der Waals surface area contributed by atoms with Gasteiger partial charge in [0.1, 0.15) is 6.61 Å². The van der Waals surface area contributed by atoms with Gasteiger partial charge in [0.15, 0.2) is 5.78 Å². The molecule has 2 atom stereocenters. The molecule has 1 aromatic rings. The van der Waals surface area contributed by atoms with Gasteiger partial charge in [0.05, 0.1) is 11.0 Å². The van der Waals surface area contributed by atoms with Crippen LogP contribution < -0.4 is 0 Å². The summed E-state index contributed by atoms with van der Waals surface area (Å²) in [6, 6.07) is 3.89. The SMILES string of the molecule is Cc1ccc(C(=O)COC2CC(C)CC(C)C2)s1. The fourth-order valence-electron chi connectivity index (χ4n) is 2.86. The maximum Gasteiger partial charge on any atom is 0.198 e. The molecule has 2 rings (SSSR count). The summed E-state index contributed by atoms with van der Waals surface area (Å²) >= 11 is 1.55. The molecule has 0 bridgehead atoms. The average Bonchev–Trinajstić information content (AvgIpc) is 2.71. The zero-order valence-corrected chi connectivity index (χ0v) is 12.3. The minimum Gasteiger partial charge on any atom is -0.370 e. The Hall–Kier alpha value is -0.670. The van der Waals surface area contributed by atoms with Gasteiger partial charge >= 0.3 is 0 Å². The van der Waals surface area contributed by atoms with Gasteiger partial charge in [-0.05, 0) is 50.2 Å². The van der Waals surface area contributed by atoms with Gasteiger partial charge in [-0.15, -0.1) is 11.3 Å². The van der Waals surface area contributed by atoms with Gasteiger partial charge in [0.25, 0.3) is 0 Å². The Balaban J connectivity index is 1.82. The number of thiophene rings is 1. The molecule has 0 amide bonds. The molecule has 0 N–H and O–H groups in total. The summed E-state index contributed by atoms with van der Waals surface area (Å²) in [5.74, 6) is 1.56. The van der Waals surface area contributed by atoms with Crippen LogP contribution in [-0.4, -0.2) is 18.5 Å². The van der Waals surface area contributed by atoms with E-state index in [1.165, 1.54) is 11.3 Å². The second-order valence-electron chi connectivity index (χ2n) is 5.68. The molecule has 1 heterocycles. The first-order chi connectivity index (χ1) is 8.54. The standard InChI is InChI=1S/C15H22O2S/c1-10-6-11(2)8-13(7-10)17-9-14(16)15-5-4-12(3)18-15/h4-5,10-11,13H,6-9H2,1-3H3. The third-order valence-corrected chi connectivity index (χ3v) is 4.64. The molecule has 3 heteroatoms. The molecular formula is C15H22O2S. The topological polar surface area (TPSA) is 26.3 Å². The van der Waals surface area contributed by atoms with E-state index >= 15 is 0 Å². The van der Waals surface area contributed by atoms with Crippen molar-refractivity contribution in [1.29, 1.82) is 0 Å². The second kappa shape index (κ2) is 5.98. The van der Waals surface area contributed by atoms with E-state index in [1.807, 2.05) is 19.1 Å². The van der Waals surface area contributed by atoms with Gasteiger partial charge < -0.3 is 4.74 Å². The van der Waals surface area contributed by atoms with Gasteiger partial charge in [-0.2, -0.15) is 0 Å². The summed E-state index contributed by atoms with van der Waals surface area (Å²) in [6.07, 6.45) is 3.76. The summed E-state index contributed by atoms with van der Waals surface area (Å²) in [5.41, 5.74) is 0. The zero-order valence-electron chi connectivity index (χ0n) is 11.4. The van der Waals surface area contributed by atoms with Gasteiger partial charge in [-0.1, -0.05) is 13.8 Å². The first-order valence-corrected chi connectivity index (χ1v) is 7.57. The van der Waals surface area contributed by atoms with E-state index in [0.29, 0.717) is 0 Å². The number of ether oxygens (including phenoxy) is 1. The molecular weight excluding hydrogens is 244 g/mol. The van der Waals surface area contributed by atoms with E-state index in [0.717, 1.165) is 29.6 Å².